The second-order valence-electron chi connectivity index (χ2n) is 8.16. The molecule has 0 amide bonds. The molecule has 31 heavy (non-hydrogen) atoms. The second kappa shape index (κ2) is 7.54. The molecule has 1 aromatic heterocycles. The van der Waals surface area contributed by atoms with Crippen LogP contribution < -0.4 is 16.4 Å². The van der Waals surface area contributed by atoms with Gasteiger partial charge < -0.3 is 16.0 Å². The summed E-state index contributed by atoms with van der Waals surface area (Å²) in [6.45, 7) is 2.04. The molecule has 1 fully saturated rings. The van der Waals surface area contributed by atoms with Crippen molar-refractivity contribution >= 4 is 17.6 Å². The summed E-state index contributed by atoms with van der Waals surface area (Å²) >= 11 is 0. The van der Waals surface area contributed by atoms with E-state index in [1.165, 1.54) is 6.42 Å². The van der Waals surface area contributed by atoms with Gasteiger partial charge in [-0.2, -0.15) is 9.98 Å². The van der Waals surface area contributed by atoms with Gasteiger partial charge >= 0.3 is 0 Å². The molecule has 158 valence electrons. The predicted octanol–water partition coefficient (Wildman–Crippen LogP) is 3.82. The van der Waals surface area contributed by atoms with Crippen molar-refractivity contribution in [3.8, 4) is 22.8 Å². The van der Waals surface area contributed by atoms with Crippen LogP contribution in [0.5, 0.6) is 0 Å². The number of nitrogens with two attached hydrogens (primary N) is 2. The normalized spacial score (nSPS) is 18.0. The van der Waals surface area contributed by atoms with Gasteiger partial charge in [-0.25, -0.2) is 4.99 Å². The van der Waals surface area contributed by atoms with Gasteiger partial charge in [0.25, 0.3) is 5.89 Å². The highest BCUT2D eigenvalue weighted by molar-refractivity contribution is 6.05. The van der Waals surface area contributed by atoms with Crippen LogP contribution in [0.25, 0.3) is 22.8 Å². The van der Waals surface area contributed by atoms with Crippen molar-refractivity contribution in [3.05, 3.63) is 54.1 Å². The van der Waals surface area contributed by atoms with E-state index in [9.17, 15) is 0 Å². The summed E-state index contributed by atoms with van der Waals surface area (Å²) in [6, 6.07) is 15.9. The van der Waals surface area contributed by atoms with Crippen molar-refractivity contribution in [3.63, 3.8) is 0 Å². The van der Waals surface area contributed by atoms with Crippen molar-refractivity contribution in [2.75, 3.05) is 4.90 Å². The van der Waals surface area contributed by atoms with E-state index in [1.807, 2.05) is 60.4 Å². The highest BCUT2D eigenvalue weighted by Crippen LogP contribution is 2.39. The minimum Gasteiger partial charge on any atom is -0.369 e. The maximum atomic E-state index is 6.31. The van der Waals surface area contributed by atoms with Crippen LogP contribution in [0.15, 0.2) is 63.0 Å². The summed E-state index contributed by atoms with van der Waals surface area (Å²) in [5.41, 5.74) is 15.6. The van der Waals surface area contributed by atoms with E-state index in [4.69, 9.17) is 21.0 Å². The Morgan fingerprint density at radius 3 is 2.48 bits per heavy atom. The summed E-state index contributed by atoms with van der Waals surface area (Å²) < 4.78 is 5.51. The lowest BCUT2D eigenvalue weighted by Crippen LogP contribution is -2.58. The molecule has 1 saturated carbocycles. The van der Waals surface area contributed by atoms with Crippen LogP contribution in [0.2, 0.25) is 0 Å². The monoisotopic (exact) mass is 415 g/mol. The largest absolute Gasteiger partial charge is 0.369 e. The minimum atomic E-state index is -0.460. The van der Waals surface area contributed by atoms with Crippen LogP contribution in [-0.4, -0.2) is 27.7 Å². The highest BCUT2D eigenvalue weighted by atomic mass is 16.5. The number of rotatable bonds is 3. The molecule has 2 aliphatic rings. The first-order valence-electron chi connectivity index (χ1n) is 10.5. The molecule has 1 aliphatic heterocycles. The Hall–Kier alpha value is -3.68. The van der Waals surface area contributed by atoms with Gasteiger partial charge in [0.1, 0.15) is 5.66 Å². The quantitative estimate of drug-likeness (QED) is 0.671. The average molecular weight is 416 g/mol. The van der Waals surface area contributed by atoms with Gasteiger partial charge in [-0.15, -0.1) is 0 Å². The molecule has 1 spiro atoms. The number of nitrogens with zero attached hydrogens (tertiary/aromatic N) is 5. The highest BCUT2D eigenvalue weighted by Gasteiger charge is 2.42. The van der Waals surface area contributed by atoms with Gasteiger partial charge in [-0.05, 0) is 62.9 Å². The van der Waals surface area contributed by atoms with Crippen LogP contribution in [0.1, 0.15) is 37.7 Å². The number of hydrogen-bond donors (Lipinski definition) is 2. The molecular weight excluding hydrogens is 390 g/mol. The van der Waals surface area contributed by atoms with Gasteiger partial charge in [0.15, 0.2) is 0 Å². The summed E-state index contributed by atoms with van der Waals surface area (Å²) in [5.74, 6) is 1.67. The average Bonchev–Trinajstić information content (AvgIpc) is 3.24. The number of guanidine groups is 2. The molecule has 0 bridgehead atoms. The number of benzene rings is 2. The first-order valence-corrected chi connectivity index (χ1v) is 10.5. The summed E-state index contributed by atoms with van der Waals surface area (Å²) in [5, 5.41) is 4.14. The summed E-state index contributed by atoms with van der Waals surface area (Å²) in [7, 11) is 0. The van der Waals surface area contributed by atoms with Crippen molar-refractivity contribution in [2.45, 2.75) is 44.7 Å². The van der Waals surface area contributed by atoms with Crippen LogP contribution in [0.3, 0.4) is 0 Å². The van der Waals surface area contributed by atoms with Gasteiger partial charge in [-0.1, -0.05) is 35.3 Å². The Morgan fingerprint density at radius 1 is 0.968 bits per heavy atom. The molecule has 1 aliphatic carbocycles. The van der Waals surface area contributed by atoms with Gasteiger partial charge in [-0.3, -0.25) is 4.90 Å². The lowest BCUT2D eigenvalue weighted by Gasteiger charge is -2.45. The van der Waals surface area contributed by atoms with E-state index >= 15 is 0 Å². The number of hydrogen-bond acceptors (Lipinski definition) is 8. The summed E-state index contributed by atoms with van der Waals surface area (Å²) in [4.78, 5) is 15.5. The zero-order valence-corrected chi connectivity index (χ0v) is 17.5. The van der Waals surface area contributed by atoms with E-state index < -0.39 is 5.66 Å². The van der Waals surface area contributed by atoms with Gasteiger partial charge in [0.2, 0.25) is 17.7 Å². The fourth-order valence-electron chi connectivity index (χ4n) is 4.49. The second-order valence-corrected chi connectivity index (χ2v) is 8.16. The fraction of sp³-hybridized carbons (Fsp3) is 0.304. The number of aromatic nitrogens is 2. The first-order chi connectivity index (χ1) is 15.0. The summed E-state index contributed by atoms with van der Waals surface area (Å²) in [6.07, 6.45) is 5.16. The van der Waals surface area contributed by atoms with Crippen molar-refractivity contribution in [1.82, 2.24) is 10.1 Å². The van der Waals surface area contributed by atoms with E-state index in [0.717, 1.165) is 48.1 Å². The molecule has 3 aromatic rings. The lowest BCUT2D eigenvalue weighted by molar-refractivity contribution is 0.305. The third-order valence-corrected chi connectivity index (χ3v) is 5.93. The predicted molar refractivity (Wildman–Crippen MR) is 121 cm³/mol. The smallest absolute Gasteiger partial charge is 0.258 e. The maximum Gasteiger partial charge on any atom is 0.258 e. The van der Waals surface area contributed by atoms with E-state index in [-0.39, 0.29) is 5.96 Å². The molecule has 2 aromatic carbocycles. The Kier molecular flexibility index (Phi) is 4.69. The number of aryl methyl sites for hydroxylation is 1. The van der Waals surface area contributed by atoms with Crippen LogP contribution in [0, 0.1) is 6.92 Å². The standard InChI is InChI=1S/C23H25N7O/c1-15-6-5-7-17(14-15)19-26-20(31-29-19)16-8-10-18(11-9-16)30-22(25)27-21(24)28-23(30)12-3-2-4-13-23/h5-11,14H,2-4,12-13H2,1H3,(H4,24,25,27,28). The zero-order valence-electron chi connectivity index (χ0n) is 17.5. The minimum absolute atomic E-state index is 0.252. The molecule has 8 heteroatoms. The molecular formula is C23H25N7O. The molecule has 2 heterocycles. The van der Waals surface area contributed by atoms with E-state index in [1.54, 1.807) is 0 Å². The first kappa shape index (κ1) is 19.3. The molecule has 0 unspecified atom stereocenters. The van der Waals surface area contributed by atoms with Crippen molar-refractivity contribution in [2.24, 2.45) is 21.5 Å². The molecule has 5 rings (SSSR count). The van der Waals surface area contributed by atoms with Crippen molar-refractivity contribution in [1.29, 1.82) is 0 Å². The lowest BCUT2D eigenvalue weighted by atomic mass is 9.87. The van der Waals surface area contributed by atoms with E-state index in [2.05, 4.69) is 15.1 Å². The van der Waals surface area contributed by atoms with Crippen LogP contribution in [-0.2, 0) is 0 Å². The van der Waals surface area contributed by atoms with Crippen LogP contribution >= 0.6 is 0 Å². The third kappa shape index (κ3) is 3.54. The Morgan fingerprint density at radius 2 is 1.74 bits per heavy atom. The fourth-order valence-corrected chi connectivity index (χ4v) is 4.49. The zero-order chi connectivity index (χ0) is 21.4. The Labute approximate surface area is 180 Å². The van der Waals surface area contributed by atoms with E-state index in [0.29, 0.717) is 17.7 Å². The number of anilines is 1. The van der Waals surface area contributed by atoms with Crippen molar-refractivity contribution < 1.29 is 4.52 Å². The van der Waals surface area contributed by atoms with Crippen LogP contribution in [0.4, 0.5) is 5.69 Å². The number of aliphatic imine (C=N–C) groups is 2. The van der Waals surface area contributed by atoms with Gasteiger partial charge in [0, 0.05) is 16.8 Å². The maximum absolute atomic E-state index is 6.31. The van der Waals surface area contributed by atoms with Gasteiger partial charge in [0.05, 0.1) is 0 Å². The third-order valence-electron chi connectivity index (χ3n) is 5.93. The Balaban J connectivity index is 1.44. The molecule has 0 saturated heterocycles. The SMILES string of the molecule is Cc1cccc(-c2noc(-c3ccc(N4C(N)=NC(N)=NC45CCCCC5)cc3)n2)c1. The molecule has 0 atom stereocenters. The molecule has 8 nitrogen and oxygen atoms in total. The topological polar surface area (TPSA) is 119 Å². The molecule has 0 radical (unpaired) electrons. The Bertz CT molecular complexity index is 1160. The molecule has 4 N–H and O–H groups in total.